The summed E-state index contributed by atoms with van der Waals surface area (Å²) >= 11 is 0. The molecular formula is C22H22O7. The first kappa shape index (κ1) is 20.3. The Bertz CT molecular complexity index is 962. The Hall–Kier alpha value is -3.48. The van der Waals surface area contributed by atoms with Gasteiger partial charge in [-0.1, -0.05) is 6.07 Å². The van der Waals surface area contributed by atoms with Gasteiger partial charge in [0.25, 0.3) is 0 Å². The standard InChI is InChI=1S/C22H22O7/c1-5-27-15-7-8-16-18(12-15)29-20(21(16)23)11-14-6-9-17(19(10-14)25-3)28-13(2)22(24)26-4/h6-13H,5H2,1-4H3/t13-/m1/s1. The molecule has 1 heterocycles. The van der Waals surface area contributed by atoms with Gasteiger partial charge in [0.05, 0.1) is 26.4 Å². The summed E-state index contributed by atoms with van der Waals surface area (Å²) in [6, 6.07) is 10.2. The van der Waals surface area contributed by atoms with E-state index in [1.54, 1.807) is 49.4 Å². The van der Waals surface area contributed by atoms with Gasteiger partial charge in [0.1, 0.15) is 11.5 Å². The molecule has 1 aliphatic heterocycles. The van der Waals surface area contributed by atoms with Gasteiger partial charge in [-0.2, -0.15) is 0 Å². The predicted octanol–water partition coefficient (Wildman–Crippen LogP) is 3.65. The van der Waals surface area contributed by atoms with Crippen LogP contribution < -0.4 is 18.9 Å². The Kier molecular flexibility index (Phi) is 6.07. The van der Waals surface area contributed by atoms with Crippen molar-refractivity contribution in [2.75, 3.05) is 20.8 Å². The van der Waals surface area contributed by atoms with Crippen molar-refractivity contribution in [3.05, 3.63) is 53.3 Å². The third-order valence-electron chi connectivity index (χ3n) is 4.27. The molecule has 1 aliphatic rings. The van der Waals surface area contributed by atoms with E-state index in [-0.39, 0.29) is 11.5 Å². The summed E-state index contributed by atoms with van der Waals surface area (Å²) in [5, 5.41) is 0. The molecule has 0 radical (unpaired) electrons. The summed E-state index contributed by atoms with van der Waals surface area (Å²) in [6.45, 7) is 4.00. The van der Waals surface area contributed by atoms with E-state index < -0.39 is 12.1 Å². The van der Waals surface area contributed by atoms with Gasteiger partial charge in [0.2, 0.25) is 5.78 Å². The van der Waals surface area contributed by atoms with Gasteiger partial charge in [-0.05, 0) is 49.8 Å². The first-order valence-corrected chi connectivity index (χ1v) is 9.10. The van der Waals surface area contributed by atoms with Crippen LogP contribution in [0.5, 0.6) is 23.0 Å². The highest BCUT2D eigenvalue weighted by molar-refractivity contribution is 6.14. The van der Waals surface area contributed by atoms with E-state index in [2.05, 4.69) is 4.74 Å². The lowest BCUT2D eigenvalue weighted by Crippen LogP contribution is -2.25. The Morgan fingerprint density at radius 3 is 2.62 bits per heavy atom. The molecule has 0 bridgehead atoms. The molecule has 0 N–H and O–H groups in total. The van der Waals surface area contributed by atoms with Crippen LogP contribution in [-0.4, -0.2) is 38.7 Å². The molecule has 0 saturated carbocycles. The van der Waals surface area contributed by atoms with Gasteiger partial charge < -0.3 is 23.7 Å². The fourth-order valence-electron chi connectivity index (χ4n) is 2.85. The van der Waals surface area contributed by atoms with Crippen LogP contribution in [0.3, 0.4) is 0 Å². The van der Waals surface area contributed by atoms with Gasteiger partial charge in [-0.3, -0.25) is 4.79 Å². The molecule has 0 unspecified atom stereocenters. The highest BCUT2D eigenvalue weighted by Crippen LogP contribution is 2.36. The number of hydrogen-bond donors (Lipinski definition) is 0. The van der Waals surface area contributed by atoms with Gasteiger partial charge in [-0.15, -0.1) is 0 Å². The smallest absolute Gasteiger partial charge is 0.346 e. The molecule has 0 aromatic heterocycles. The maximum absolute atomic E-state index is 12.6. The number of esters is 1. The molecule has 0 fully saturated rings. The highest BCUT2D eigenvalue weighted by Gasteiger charge is 2.28. The Morgan fingerprint density at radius 2 is 1.93 bits per heavy atom. The lowest BCUT2D eigenvalue weighted by atomic mass is 10.1. The zero-order valence-electron chi connectivity index (χ0n) is 16.7. The second kappa shape index (κ2) is 8.68. The average molecular weight is 398 g/mol. The molecule has 0 amide bonds. The van der Waals surface area contributed by atoms with E-state index >= 15 is 0 Å². The zero-order valence-corrected chi connectivity index (χ0v) is 16.7. The van der Waals surface area contributed by atoms with Crippen LogP contribution in [0.2, 0.25) is 0 Å². The lowest BCUT2D eigenvalue weighted by molar-refractivity contribution is -0.147. The number of Topliss-reactive ketones (excluding diaryl/α,β-unsaturated/α-hetero) is 1. The summed E-state index contributed by atoms with van der Waals surface area (Å²) in [5.41, 5.74) is 1.17. The van der Waals surface area contributed by atoms with Crippen LogP contribution in [0.25, 0.3) is 6.08 Å². The van der Waals surface area contributed by atoms with Gasteiger partial charge in [0, 0.05) is 6.07 Å². The van der Waals surface area contributed by atoms with Crippen LogP contribution in [0.4, 0.5) is 0 Å². The van der Waals surface area contributed by atoms with Crippen molar-refractivity contribution in [2.24, 2.45) is 0 Å². The van der Waals surface area contributed by atoms with E-state index in [0.717, 1.165) is 0 Å². The third kappa shape index (κ3) is 4.34. The zero-order chi connectivity index (χ0) is 21.0. The molecule has 0 saturated heterocycles. The first-order chi connectivity index (χ1) is 14.0. The van der Waals surface area contributed by atoms with Crippen molar-refractivity contribution < 1.29 is 33.3 Å². The van der Waals surface area contributed by atoms with Gasteiger partial charge >= 0.3 is 5.97 Å². The normalized spacial score (nSPS) is 14.8. The minimum atomic E-state index is -0.785. The van der Waals surface area contributed by atoms with Crippen molar-refractivity contribution in [1.29, 1.82) is 0 Å². The van der Waals surface area contributed by atoms with E-state index in [4.69, 9.17) is 18.9 Å². The Labute approximate surface area is 168 Å². The molecular weight excluding hydrogens is 376 g/mol. The molecule has 2 aromatic rings. The minimum Gasteiger partial charge on any atom is -0.494 e. The number of hydrogen-bond acceptors (Lipinski definition) is 7. The molecule has 2 aromatic carbocycles. The van der Waals surface area contributed by atoms with E-state index in [1.165, 1.54) is 14.2 Å². The third-order valence-corrected chi connectivity index (χ3v) is 4.27. The number of methoxy groups -OCH3 is 2. The molecule has 152 valence electrons. The number of carbonyl (C=O) groups excluding carboxylic acids is 2. The summed E-state index contributed by atoms with van der Waals surface area (Å²) in [7, 11) is 2.78. The van der Waals surface area contributed by atoms with Crippen molar-refractivity contribution in [3.8, 4) is 23.0 Å². The van der Waals surface area contributed by atoms with E-state index in [1.807, 2.05) is 6.92 Å². The first-order valence-electron chi connectivity index (χ1n) is 9.10. The van der Waals surface area contributed by atoms with Crippen LogP contribution in [0.1, 0.15) is 29.8 Å². The molecule has 3 rings (SSSR count). The Balaban J connectivity index is 1.83. The van der Waals surface area contributed by atoms with Crippen molar-refractivity contribution in [1.82, 2.24) is 0 Å². The van der Waals surface area contributed by atoms with E-state index in [9.17, 15) is 9.59 Å². The summed E-state index contributed by atoms with van der Waals surface area (Å²) in [6.07, 6.45) is 0.838. The number of ketones is 1. The van der Waals surface area contributed by atoms with Crippen LogP contribution in [-0.2, 0) is 9.53 Å². The maximum atomic E-state index is 12.6. The van der Waals surface area contributed by atoms with Crippen molar-refractivity contribution >= 4 is 17.8 Å². The lowest BCUT2D eigenvalue weighted by Gasteiger charge is -2.15. The second-order valence-electron chi connectivity index (χ2n) is 6.22. The van der Waals surface area contributed by atoms with Crippen molar-refractivity contribution in [2.45, 2.75) is 20.0 Å². The predicted molar refractivity (Wildman–Crippen MR) is 106 cm³/mol. The second-order valence-corrected chi connectivity index (χ2v) is 6.22. The molecule has 0 spiro atoms. The van der Waals surface area contributed by atoms with E-state index in [0.29, 0.717) is 40.7 Å². The number of ether oxygens (including phenoxy) is 5. The largest absolute Gasteiger partial charge is 0.494 e. The average Bonchev–Trinajstić information content (AvgIpc) is 3.03. The number of carbonyl (C=O) groups is 2. The van der Waals surface area contributed by atoms with Crippen LogP contribution >= 0.6 is 0 Å². The fourth-order valence-corrected chi connectivity index (χ4v) is 2.85. The van der Waals surface area contributed by atoms with Gasteiger partial charge in [-0.25, -0.2) is 4.79 Å². The minimum absolute atomic E-state index is 0.201. The molecule has 7 nitrogen and oxygen atoms in total. The van der Waals surface area contributed by atoms with Crippen molar-refractivity contribution in [3.63, 3.8) is 0 Å². The fraction of sp³-hybridized carbons (Fsp3) is 0.273. The van der Waals surface area contributed by atoms with Gasteiger partial charge in [0.15, 0.2) is 23.4 Å². The quantitative estimate of drug-likeness (QED) is 0.520. The number of benzene rings is 2. The Morgan fingerprint density at radius 1 is 1.14 bits per heavy atom. The maximum Gasteiger partial charge on any atom is 0.346 e. The molecule has 29 heavy (non-hydrogen) atoms. The summed E-state index contributed by atoms with van der Waals surface area (Å²) < 4.78 is 26.8. The number of rotatable bonds is 7. The van der Waals surface area contributed by atoms with Crippen LogP contribution in [0.15, 0.2) is 42.2 Å². The number of fused-ring (bicyclic) bond motifs is 1. The number of allylic oxidation sites excluding steroid dienone is 1. The SMILES string of the molecule is CCOc1ccc2c(c1)OC(=Cc1ccc(O[C@H](C)C(=O)OC)c(OC)c1)C2=O. The molecule has 7 heteroatoms. The molecule has 1 atom stereocenters. The van der Waals surface area contributed by atoms with Crippen LogP contribution in [0, 0.1) is 0 Å². The monoisotopic (exact) mass is 398 g/mol. The highest BCUT2D eigenvalue weighted by atomic mass is 16.6. The summed E-state index contributed by atoms with van der Waals surface area (Å²) in [4.78, 5) is 24.2. The topological polar surface area (TPSA) is 80.3 Å². The summed E-state index contributed by atoms with van der Waals surface area (Å²) in [5.74, 6) is 1.41. The molecule has 0 aliphatic carbocycles.